The summed E-state index contributed by atoms with van der Waals surface area (Å²) in [7, 11) is 0. The van der Waals surface area contributed by atoms with Gasteiger partial charge in [-0.3, -0.25) is 14.4 Å². The smallest absolute Gasteiger partial charge is 0.308 e. The van der Waals surface area contributed by atoms with Crippen molar-refractivity contribution in [2.75, 3.05) is 6.54 Å². The normalized spacial score (nSPS) is 10.7. The molecule has 3 aromatic heterocycles. The number of nitrogens with zero attached hydrogens (tertiary/aromatic N) is 2. The molecular weight excluding hydrogens is 482 g/mol. The lowest BCUT2D eigenvalue weighted by molar-refractivity contribution is -0.145. The minimum atomic E-state index is -0.501. The van der Waals surface area contributed by atoms with Crippen LogP contribution in [0, 0.1) is 0 Å². The molecule has 3 heterocycles. The highest BCUT2D eigenvalue weighted by Crippen LogP contribution is 2.30. The second-order valence-corrected chi connectivity index (χ2v) is 9.18. The summed E-state index contributed by atoms with van der Waals surface area (Å²) in [6, 6.07) is 7.23. The van der Waals surface area contributed by atoms with Crippen LogP contribution in [-0.2, 0) is 20.9 Å². The number of esters is 1. The van der Waals surface area contributed by atoms with Crippen molar-refractivity contribution in [2.24, 2.45) is 0 Å². The summed E-state index contributed by atoms with van der Waals surface area (Å²) >= 11 is 6.16. The van der Waals surface area contributed by atoms with Crippen LogP contribution in [0.5, 0.6) is 0 Å². The van der Waals surface area contributed by atoms with Crippen molar-refractivity contribution in [2.45, 2.75) is 25.9 Å². The molecule has 0 saturated carbocycles. The van der Waals surface area contributed by atoms with Crippen LogP contribution >= 0.6 is 38.6 Å². The predicted molar refractivity (Wildman–Crippen MR) is 111 cm³/mol. The summed E-state index contributed by atoms with van der Waals surface area (Å²) in [5.74, 6) is -0.307. The predicted octanol–water partition coefficient (Wildman–Crippen LogP) is 3.83. The number of halogens is 1. The van der Waals surface area contributed by atoms with E-state index in [1.165, 1.54) is 22.7 Å². The summed E-state index contributed by atoms with van der Waals surface area (Å²) in [5.41, 5.74) is 0. The number of hydrogen-bond acceptors (Lipinski definition) is 9. The van der Waals surface area contributed by atoms with Gasteiger partial charge < -0.3 is 14.5 Å². The second kappa shape index (κ2) is 10.4. The van der Waals surface area contributed by atoms with Crippen LogP contribution in [0.4, 0.5) is 0 Å². The Labute approximate surface area is 182 Å². The molecule has 8 nitrogen and oxygen atoms in total. The molecule has 0 aliphatic heterocycles. The highest BCUT2D eigenvalue weighted by molar-refractivity contribution is 9.11. The molecule has 1 amide bonds. The van der Waals surface area contributed by atoms with Gasteiger partial charge in [0.05, 0.1) is 20.0 Å². The van der Waals surface area contributed by atoms with E-state index in [1.54, 1.807) is 12.1 Å². The second-order valence-electron chi connectivity index (χ2n) is 5.77. The number of aromatic nitrogens is 2. The molecule has 29 heavy (non-hydrogen) atoms. The van der Waals surface area contributed by atoms with Crippen molar-refractivity contribution in [1.29, 1.82) is 0 Å². The Balaban J connectivity index is 1.31. The highest BCUT2D eigenvalue weighted by atomic mass is 79.9. The van der Waals surface area contributed by atoms with Gasteiger partial charge in [-0.05, 0) is 39.5 Å². The fourth-order valence-electron chi connectivity index (χ4n) is 2.23. The van der Waals surface area contributed by atoms with E-state index in [0.29, 0.717) is 10.8 Å². The number of amides is 1. The fraction of sp³-hybridized carbons (Fsp3) is 0.278. The summed E-state index contributed by atoms with van der Waals surface area (Å²) in [6.07, 6.45) is 0.218. The number of hydrogen-bond donors (Lipinski definition) is 1. The summed E-state index contributed by atoms with van der Waals surface area (Å²) in [4.78, 5) is 36.8. The van der Waals surface area contributed by atoms with Gasteiger partial charge in [-0.15, -0.1) is 32.9 Å². The lowest BCUT2D eigenvalue weighted by Crippen LogP contribution is -2.26. The Morgan fingerprint density at radius 3 is 2.72 bits per heavy atom. The van der Waals surface area contributed by atoms with Crippen LogP contribution in [-0.4, -0.2) is 34.4 Å². The average molecular weight is 498 g/mol. The van der Waals surface area contributed by atoms with Crippen LogP contribution in [0.1, 0.15) is 34.8 Å². The molecule has 0 aliphatic carbocycles. The molecule has 0 spiro atoms. The maximum absolute atomic E-state index is 11.8. The Morgan fingerprint density at radius 2 is 2.00 bits per heavy atom. The standard InChI is InChI=1S/C18H16BrN3O5S2/c19-14-5-4-13(29-14)18-22-21-16(27-18)10-26-17(25)7-8-20-15(24)6-3-11(23)12-2-1-9-28-12/h1-2,4-5,9H,3,6-8,10H2,(H,20,24). The summed E-state index contributed by atoms with van der Waals surface area (Å²) in [6.45, 7) is -0.00912. The Kier molecular flexibility index (Phi) is 7.67. The van der Waals surface area contributed by atoms with Gasteiger partial charge in [0.2, 0.25) is 5.91 Å². The van der Waals surface area contributed by atoms with Gasteiger partial charge in [0.15, 0.2) is 12.4 Å². The Bertz CT molecular complexity index is 983. The number of thiophene rings is 2. The summed E-state index contributed by atoms with van der Waals surface area (Å²) in [5, 5.41) is 12.2. The average Bonchev–Trinajstić information content (AvgIpc) is 3.45. The van der Waals surface area contributed by atoms with Gasteiger partial charge in [-0.25, -0.2) is 0 Å². The van der Waals surface area contributed by atoms with Gasteiger partial charge in [-0.2, -0.15) is 0 Å². The van der Waals surface area contributed by atoms with Crippen LogP contribution in [0.25, 0.3) is 10.8 Å². The van der Waals surface area contributed by atoms with Gasteiger partial charge in [0.1, 0.15) is 0 Å². The highest BCUT2D eigenvalue weighted by Gasteiger charge is 2.13. The van der Waals surface area contributed by atoms with Crippen LogP contribution in [0.15, 0.2) is 37.8 Å². The number of nitrogens with one attached hydrogen (secondary N) is 1. The van der Waals surface area contributed by atoms with Gasteiger partial charge >= 0.3 is 5.97 Å². The molecular formula is C18H16BrN3O5S2. The molecule has 0 fully saturated rings. The molecule has 0 saturated heterocycles. The van der Waals surface area contributed by atoms with E-state index in [4.69, 9.17) is 9.15 Å². The first-order valence-electron chi connectivity index (χ1n) is 8.58. The number of ether oxygens (including phenoxy) is 1. The third-order valence-electron chi connectivity index (χ3n) is 3.63. The molecule has 0 radical (unpaired) electrons. The van der Waals surface area contributed by atoms with Gasteiger partial charge in [0, 0.05) is 19.4 Å². The fourth-order valence-corrected chi connectivity index (χ4v) is 4.24. The van der Waals surface area contributed by atoms with E-state index in [-0.39, 0.29) is 50.0 Å². The topological polar surface area (TPSA) is 111 Å². The quantitative estimate of drug-likeness (QED) is 0.334. The zero-order valence-electron chi connectivity index (χ0n) is 15.1. The molecule has 0 aliphatic rings. The largest absolute Gasteiger partial charge is 0.456 e. The lowest BCUT2D eigenvalue weighted by Gasteiger charge is -2.05. The van der Waals surface area contributed by atoms with Gasteiger partial charge in [0.25, 0.3) is 11.8 Å². The lowest BCUT2D eigenvalue weighted by atomic mass is 10.2. The van der Waals surface area contributed by atoms with E-state index in [1.807, 2.05) is 17.5 Å². The number of carbonyl (C=O) groups is 3. The molecule has 0 bridgehead atoms. The first-order valence-corrected chi connectivity index (χ1v) is 11.1. The Hall–Kier alpha value is -2.37. The number of rotatable bonds is 10. The first kappa shape index (κ1) is 21.3. The zero-order valence-corrected chi connectivity index (χ0v) is 18.3. The molecule has 3 aromatic rings. The minimum absolute atomic E-state index is 0.00345. The van der Waals surface area contributed by atoms with Crippen molar-refractivity contribution in [1.82, 2.24) is 15.5 Å². The molecule has 0 atom stereocenters. The van der Waals surface area contributed by atoms with Crippen molar-refractivity contribution in [3.8, 4) is 10.8 Å². The van der Waals surface area contributed by atoms with Crippen molar-refractivity contribution < 1.29 is 23.5 Å². The van der Waals surface area contributed by atoms with E-state index < -0.39 is 5.97 Å². The molecule has 3 rings (SSSR count). The van der Waals surface area contributed by atoms with Crippen molar-refractivity contribution in [3.63, 3.8) is 0 Å². The Morgan fingerprint density at radius 1 is 1.14 bits per heavy atom. The van der Waals surface area contributed by atoms with Crippen LogP contribution < -0.4 is 5.32 Å². The molecule has 1 N–H and O–H groups in total. The van der Waals surface area contributed by atoms with Crippen molar-refractivity contribution >= 4 is 56.3 Å². The number of Topliss-reactive ketones (excluding diaryl/α,β-unsaturated/α-hetero) is 1. The number of ketones is 1. The van der Waals surface area contributed by atoms with E-state index >= 15 is 0 Å². The van der Waals surface area contributed by atoms with Crippen LogP contribution in [0.2, 0.25) is 0 Å². The number of carbonyl (C=O) groups excluding carboxylic acids is 3. The van der Waals surface area contributed by atoms with Crippen molar-refractivity contribution in [3.05, 3.63) is 44.2 Å². The third-order valence-corrected chi connectivity index (χ3v) is 6.16. The van der Waals surface area contributed by atoms with E-state index in [2.05, 4.69) is 31.4 Å². The summed E-state index contributed by atoms with van der Waals surface area (Å²) < 4.78 is 11.5. The minimum Gasteiger partial charge on any atom is -0.456 e. The molecule has 0 aromatic carbocycles. The molecule has 152 valence electrons. The zero-order chi connectivity index (χ0) is 20.6. The van der Waals surface area contributed by atoms with Gasteiger partial charge in [-0.1, -0.05) is 6.07 Å². The van der Waals surface area contributed by atoms with E-state index in [0.717, 1.165) is 8.66 Å². The van der Waals surface area contributed by atoms with E-state index in [9.17, 15) is 14.4 Å². The maximum atomic E-state index is 11.8. The molecule has 0 unspecified atom stereocenters. The third kappa shape index (κ3) is 6.58. The maximum Gasteiger partial charge on any atom is 0.308 e. The monoisotopic (exact) mass is 497 g/mol. The molecule has 11 heteroatoms. The SMILES string of the molecule is O=C(CCC(=O)c1cccs1)NCCC(=O)OCc1nnc(-c2ccc(Br)s2)o1. The van der Waals surface area contributed by atoms with Crippen LogP contribution in [0.3, 0.4) is 0 Å². The first-order chi connectivity index (χ1) is 14.0.